The number of imidazole rings is 1. The predicted octanol–water partition coefficient (Wildman–Crippen LogP) is 5.69. The second-order valence-electron chi connectivity index (χ2n) is 8.24. The van der Waals surface area contributed by atoms with Gasteiger partial charge in [-0.15, -0.1) is 0 Å². The van der Waals surface area contributed by atoms with Crippen LogP contribution in [0.1, 0.15) is 45.0 Å². The van der Waals surface area contributed by atoms with Crippen LogP contribution in [0.5, 0.6) is 0 Å². The molecule has 4 rings (SSSR count). The molecule has 2 N–H and O–H groups in total. The summed E-state index contributed by atoms with van der Waals surface area (Å²) in [4.78, 5) is 4.33. The fraction of sp³-hybridized carbons (Fsp3) is 0.273. The van der Waals surface area contributed by atoms with Crippen LogP contribution in [0.3, 0.4) is 0 Å². The summed E-state index contributed by atoms with van der Waals surface area (Å²) in [5.74, 6) is -0.137. The van der Waals surface area contributed by atoms with Crippen molar-refractivity contribution in [2.45, 2.75) is 39.2 Å². The van der Waals surface area contributed by atoms with Gasteiger partial charge in [0.2, 0.25) is 0 Å². The van der Waals surface area contributed by atoms with E-state index in [1.165, 1.54) is 18.2 Å². The maximum atomic E-state index is 14.6. The summed E-state index contributed by atoms with van der Waals surface area (Å²) in [5, 5.41) is 10.3. The molecule has 0 fully saturated rings. The summed E-state index contributed by atoms with van der Waals surface area (Å²) >= 11 is 0. The Kier molecular flexibility index (Phi) is 4.61. The first-order valence-corrected chi connectivity index (χ1v) is 9.47. The van der Waals surface area contributed by atoms with Crippen molar-refractivity contribution in [1.82, 2.24) is 19.7 Å². The Morgan fingerprint density at radius 2 is 1.79 bits per heavy atom. The van der Waals surface area contributed by atoms with Crippen molar-refractivity contribution in [2.24, 2.45) is 0 Å². The first-order chi connectivity index (χ1) is 13.7. The van der Waals surface area contributed by atoms with Crippen LogP contribution in [-0.2, 0) is 5.41 Å². The Labute approximate surface area is 167 Å². The Balaban J connectivity index is 1.69. The number of nitrogens with one attached hydrogen (secondary N) is 2. The molecule has 29 heavy (non-hydrogen) atoms. The average Bonchev–Trinajstić information content (AvgIpc) is 3.29. The highest BCUT2D eigenvalue weighted by atomic mass is 19.1. The van der Waals surface area contributed by atoms with Crippen molar-refractivity contribution in [1.29, 1.82) is 0 Å². The molecule has 0 saturated heterocycles. The standard InChI is InChI=1S/C22H23F2N5/c1-13(14-5-7-15(23)8-6-14)29-12-25-18-9-16(24)17(10-19(18)29)26-21-11-20(27-28-21)22(2,3)4/h5-13H,1-4H3,(H2,26,27,28)/t13-/m0/s1. The molecule has 0 bridgehead atoms. The number of nitrogens with zero attached hydrogens (tertiary/aromatic N) is 3. The molecule has 2 aromatic carbocycles. The number of aromatic nitrogens is 4. The van der Waals surface area contributed by atoms with E-state index in [9.17, 15) is 8.78 Å². The normalized spacial score (nSPS) is 13.0. The van der Waals surface area contributed by atoms with E-state index < -0.39 is 5.82 Å². The lowest BCUT2D eigenvalue weighted by Gasteiger charge is -2.16. The number of anilines is 2. The number of halogens is 2. The number of fused-ring (bicyclic) bond motifs is 1. The lowest BCUT2D eigenvalue weighted by atomic mass is 9.92. The van der Waals surface area contributed by atoms with Crippen LogP contribution < -0.4 is 5.32 Å². The van der Waals surface area contributed by atoms with Gasteiger partial charge in [-0.1, -0.05) is 32.9 Å². The molecule has 0 amide bonds. The summed E-state index contributed by atoms with van der Waals surface area (Å²) in [5.41, 5.74) is 3.45. The van der Waals surface area contributed by atoms with Crippen molar-refractivity contribution in [3.63, 3.8) is 0 Å². The molecule has 0 unspecified atom stereocenters. The van der Waals surface area contributed by atoms with E-state index in [0.29, 0.717) is 17.0 Å². The van der Waals surface area contributed by atoms with Gasteiger partial charge in [0.25, 0.3) is 0 Å². The van der Waals surface area contributed by atoms with Crippen LogP contribution in [0.4, 0.5) is 20.3 Å². The topological polar surface area (TPSA) is 58.5 Å². The Morgan fingerprint density at radius 1 is 1.07 bits per heavy atom. The van der Waals surface area contributed by atoms with Gasteiger partial charge in [0, 0.05) is 23.2 Å². The minimum Gasteiger partial charge on any atom is -0.336 e. The van der Waals surface area contributed by atoms with Gasteiger partial charge in [-0.3, -0.25) is 5.10 Å². The molecule has 150 valence electrons. The van der Waals surface area contributed by atoms with Crippen molar-refractivity contribution in [2.75, 3.05) is 5.32 Å². The van der Waals surface area contributed by atoms with Gasteiger partial charge >= 0.3 is 0 Å². The fourth-order valence-corrected chi connectivity index (χ4v) is 3.26. The lowest BCUT2D eigenvalue weighted by Crippen LogP contribution is -2.11. The summed E-state index contributed by atoms with van der Waals surface area (Å²) in [6.07, 6.45) is 1.67. The minimum absolute atomic E-state index is 0.0847. The average molecular weight is 395 g/mol. The number of benzene rings is 2. The first kappa shape index (κ1) is 19.1. The van der Waals surface area contributed by atoms with Gasteiger partial charge in [-0.05, 0) is 30.7 Å². The second-order valence-corrected chi connectivity index (χ2v) is 8.24. The summed E-state index contributed by atoms with van der Waals surface area (Å²) in [6, 6.07) is 11.3. The van der Waals surface area contributed by atoms with E-state index in [1.54, 1.807) is 24.5 Å². The van der Waals surface area contributed by atoms with Gasteiger partial charge < -0.3 is 9.88 Å². The summed E-state index contributed by atoms with van der Waals surface area (Å²) in [6.45, 7) is 8.22. The zero-order chi connectivity index (χ0) is 20.8. The van der Waals surface area contributed by atoms with Crippen LogP contribution in [0.15, 0.2) is 48.8 Å². The number of hydrogen-bond donors (Lipinski definition) is 2. The second kappa shape index (κ2) is 6.99. The van der Waals surface area contributed by atoms with Gasteiger partial charge in [0.1, 0.15) is 11.6 Å². The number of aromatic amines is 1. The molecule has 1 atom stereocenters. The zero-order valence-corrected chi connectivity index (χ0v) is 16.8. The van der Waals surface area contributed by atoms with Crippen LogP contribution in [0.2, 0.25) is 0 Å². The Bertz CT molecular complexity index is 1150. The minimum atomic E-state index is -0.405. The third-order valence-electron chi connectivity index (χ3n) is 5.08. The molecular weight excluding hydrogens is 372 g/mol. The Hall–Kier alpha value is -3.22. The molecule has 2 heterocycles. The number of H-pyrrole nitrogens is 1. The van der Waals surface area contributed by atoms with Gasteiger partial charge in [-0.25, -0.2) is 13.8 Å². The van der Waals surface area contributed by atoms with Crippen molar-refractivity contribution in [3.05, 3.63) is 71.7 Å². The molecule has 0 aliphatic carbocycles. The van der Waals surface area contributed by atoms with Crippen LogP contribution in [-0.4, -0.2) is 19.7 Å². The van der Waals surface area contributed by atoms with Gasteiger partial charge in [0.05, 0.1) is 29.1 Å². The molecule has 5 nitrogen and oxygen atoms in total. The molecule has 7 heteroatoms. The van der Waals surface area contributed by atoms with Gasteiger partial charge in [0.15, 0.2) is 5.82 Å². The molecule has 0 saturated carbocycles. The van der Waals surface area contributed by atoms with E-state index in [2.05, 4.69) is 41.3 Å². The van der Waals surface area contributed by atoms with Crippen LogP contribution in [0, 0.1) is 11.6 Å². The highest BCUT2D eigenvalue weighted by Crippen LogP contribution is 2.30. The third kappa shape index (κ3) is 3.72. The number of rotatable bonds is 4. The molecule has 2 aromatic heterocycles. The summed E-state index contributed by atoms with van der Waals surface area (Å²) < 4.78 is 29.8. The highest BCUT2D eigenvalue weighted by molar-refractivity contribution is 5.81. The van der Waals surface area contributed by atoms with E-state index in [-0.39, 0.29) is 17.3 Å². The molecule has 0 aliphatic heterocycles. The fourth-order valence-electron chi connectivity index (χ4n) is 3.26. The SMILES string of the molecule is C[C@@H](c1ccc(F)cc1)n1cnc2cc(F)c(Nc3cc(C(C)(C)C)[nH]n3)cc21. The Morgan fingerprint density at radius 3 is 2.45 bits per heavy atom. The molecular formula is C22H23F2N5. The third-order valence-corrected chi connectivity index (χ3v) is 5.08. The summed E-state index contributed by atoms with van der Waals surface area (Å²) in [7, 11) is 0. The van der Waals surface area contributed by atoms with E-state index in [1.807, 2.05) is 17.6 Å². The first-order valence-electron chi connectivity index (χ1n) is 9.47. The van der Waals surface area contributed by atoms with Crippen LogP contribution >= 0.6 is 0 Å². The largest absolute Gasteiger partial charge is 0.336 e. The van der Waals surface area contributed by atoms with E-state index in [0.717, 1.165) is 16.8 Å². The van der Waals surface area contributed by atoms with E-state index in [4.69, 9.17) is 0 Å². The predicted molar refractivity (Wildman–Crippen MR) is 110 cm³/mol. The van der Waals surface area contributed by atoms with E-state index >= 15 is 0 Å². The van der Waals surface area contributed by atoms with Gasteiger partial charge in [-0.2, -0.15) is 5.10 Å². The highest BCUT2D eigenvalue weighted by Gasteiger charge is 2.18. The maximum absolute atomic E-state index is 14.6. The maximum Gasteiger partial charge on any atom is 0.152 e. The van der Waals surface area contributed by atoms with Crippen LogP contribution in [0.25, 0.3) is 11.0 Å². The van der Waals surface area contributed by atoms with Crippen molar-refractivity contribution < 1.29 is 8.78 Å². The quantitative estimate of drug-likeness (QED) is 0.467. The number of hydrogen-bond acceptors (Lipinski definition) is 3. The molecule has 4 aromatic rings. The van der Waals surface area contributed by atoms with Crippen molar-refractivity contribution in [3.8, 4) is 0 Å². The monoisotopic (exact) mass is 395 g/mol. The lowest BCUT2D eigenvalue weighted by molar-refractivity contribution is 0.567. The van der Waals surface area contributed by atoms with Crippen molar-refractivity contribution >= 4 is 22.5 Å². The molecule has 0 radical (unpaired) electrons. The zero-order valence-electron chi connectivity index (χ0n) is 16.8. The molecule has 0 spiro atoms. The molecule has 0 aliphatic rings. The smallest absolute Gasteiger partial charge is 0.152 e.